The number of guanidine groups is 1. The number of hydrogen-bond acceptors (Lipinski definition) is 2. The molecule has 1 rings (SSSR count). The minimum absolute atomic E-state index is 0.602. The molecule has 1 aromatic carbocycles. The van der Waals surface area contributed by atoms with Crippen LogP contribution in [0.3, 0.4) is 0 Å². The molecule has 0 heterocycles. The smallest absolute Gasteiger partial charge is 0.191 e. The Morgan fingerprint density at radius 2 is 2.16 bits per heavy atom. The van der Waals surface area contributed by atoms with E-state index >= 15 is 0 Å². The lowest BCUT2D eigenvalue weighted by atomic mass is 10.2. The zero-order valence-electron chi connectivity index (χ0n) is 11.6. The number of benzene rings is 1. The summed E-state index contributed by atoms with van der Waals surface area (Å²) in [6.07, 6.45) is 0. The van der Waals surface area contributed by atoms with Gasteiger partial charge in [-0.15, -0.1) is 0 Å². The maximum absolute atomic E-state index is 5.94. The van der Waals surface area contributed by atoms with Crippen LogP contribution in [0.1, 0.15) is 19.4 Å². The highest BCUT2D eigenvalue weighted by Crippen LogP contribution is 2.11. The first-order valence-electron chi connectivity index (χ1n) is 6.60. The van der Waals surface area contributed by atoms with Crippen LogP contribution in [0, 0.1) is 0 Å². The van der Waals surface area contributed by atoms with E-state index in [1.165, 1.54) is 0 Å². The Balaban J connectivity index is 2.47. The zero-order valence-corrected chi connectivity index (χ0v) is 12.3. The van der Waals surface area contributed by atoms with Crippen LogP contribution in [0.4, 0.5) is 0 Å². The summed E-state index contributed by atoms with van der Waals surface area (Å²) in [6.45, 7) is 7.61. The van der Waals surface area contributed by atoms with Crippen molar-refractivity contribution >= 4 is 17.6 Å². The number of aliphatic imine (C=N–C) groups is 1. The van der Waals surface area contributed by atoms with Crippen molar-refractivity contribution in [1.29, 1.82) is 0 Å². The highest BCUT2D eigenvalue weighted by atomic mass is 35.5. The number of nitrogens with zero attached hydrogens (tertiary/aromatic N) is 1. The molecule has 19 heavy (non-hydrogen) atoms. The number of rotatable bonds is 7. The van der Waals surface area contributed by atoms with Gasteiger partial charge >= 0.3 is 0 Å². The maximum atomic E-state index is 5.94. The molecule has 0 aliphatic carbocycles. The molecule has 0 aliphatic heterocycles. The van der Waals surface area contributed by atoms with Gasteiger partial charge in [-0.05, 0) is 31.5 Å². The summed E-state index contributed by atoms with van der Waals surface area (Å²) in [5.41, 5.74) is 1.09. The predicted octanol–water partition coefficient (Wildman–Crippen LogP) is 2.43. The van der Waals surface area contributed by atoms with Crippen LogP contribution in [-0.2, 0) is 11.3 Å². The lowest BCUT2D eigenvalue weighted by Crippen LogP contribution is -2.39. The highest BCUT2D eigenvalue weighted by molar-refractivity contribution is 6.30. The predicted molar refractivity (Wildman–Crippen MR) is 80.8 cm³/mol. The Hall–Kier alpha value is -1.26. The highest BCUT2D eigenvalue weighted by Gasteiger charge is 1.97. The quantitative estimate of drug-likeness (QED) is 0.459. The van der Waals surface area contributed by atoms with Gasteiger partial charge in [-0.1, -0.05) is 23.7 Å². The van der Waals surface area contributed by atoms with Crippen molar-refractivity contribution < 1.29 is 4.74 Å². The molecule has 0 fully saturated rings. The zero-order chi connectivity index (χ0) is 13.9. The average molecular weight is 284 g/mol. The molecule has 0 saturated carbocycles. The topological polar surface area (TPSA) is 45.7 Å². The van der Waals surface area contributed by atoms with E-state index in [9.17, 15) is 0 Å². The average Bonchev–Trinajstić information content (AvgIpc) is 2.41. The van der Waals surface area contributed by atoms with Crippen molar-refractivity contribution in [3.8, 4) is 0 Å². The van der Waals surface area contributed by atoms with Crippen LogP contribution in [-0.4, -0.2) is 32.3 Å². The Labute approximate surface area is 120 Å². The summed E-state index contributed by atoms with van der Waals surface area (Å²) in [6, 6.07) is 7.73. The fourth-order valence-corrected chi connectivity index (χ4v) is 1.75. The second-order valence-corrected chi connectivity index (χ2v) is 4.39. The van der Waals surface area contributed by atoms with Crippen LogP contribution >= 0.6 is 11.6 Å². The molecule has 0 atom stereocenters. The van der Waals surface area contributed by atoms with Crippen LogP contribution < -0.4 is 10.6 Å². The molecule has 106 valence electrons. The Kier molecular flexibility index (Phi) is 8.02. The summed E-state index contributed by atoms with van der Waals surface area (Å²) in [5.74, 6) is 0.794. The Morgan fingerprint density at radius 1 is 1.32 bits per heavy atom. The van der Waals surface area contributed by atoms with Gasteiger partial charge in [0.25, 0.3) is 0 Å². The fraction of sp³-hybridized carbons (Fsp3) is 0.500. The molecular formula is C14H22ClN3O. The third-order valence-corrected chi connectivity index (χ3v) is 2.63. The van der Waals surface area contributed by atoms with Gasteiger partial charge in [0.1, 0.15) is 0 Å². The van der Waals surface area contributed by atoms with Crippen molar-refractivity contribution in [2.45, 2.75) is 20.4 Å². The van der Waals surface area contributed by atoms with Crippen molar-refractivity contribution in [2.75, 3.05) is 26.3 Å². The second kappa shape index (κ2) is 9.64. The first kappa shape index (κ1) is 15.8. The van der Waals surface area contributed by atoms with E-state index in [1.807, 2.05) is 38.1 Å². The molecule has 5 heteroatoms. The Bertz CT molecular complexity index is 396. The number of hydrogen-bond donors (Lipinski definition) is 2. The summed E-state index contributed by atoms with van der Waals surface area (Å²) in [7, 11) is 0. The van der Waals surface area contributed by atoms with E-state index in [0.29, 0.717) is 13.2 Å². The van der Waals surface area contributed by atoms with Gasteiger partial charge in [-0.25, -0.2) is 4.99 Å². The SMILES string of the molecule is CCNC(=NCc1cccc(Cl)c1)NCCOCC. The standard InChI is InChI=1S/C14H22ClN3O/c1-3-16-14(17-8-9-19-4-2)18-11-12-6-5-7-13(15)10-12/h5-7,10H,3-4,8-9,11H2,1-2H3,(H2,16,17,18). The van der Waals surface area contributed by atoms with Gasteiger partial charge < -0.3 is 15.4 Å². The molecule has 0 spiro atoms. The molecule has 0 aliphatic rings. The van der Waals surface area contributed by atoms with Gasteiger partial charge in [0.15, 0.2) is 5.96 Å². The molecule has 0 saturated heterocycles. The van der Waals surface area contributed by atoms with E-state index in [-0.39, 0.29) is 0 Å². The molecule has 0 aromatic heterocycles. The van der Waals surface area contributed by atoms with Gasteiger partial charge in [-0.3, -0.25) is 0 Å². The second-order valence-electron chi connectivity index (χ2n) is 3.95. The van der Waals surface area contributed by atoms with Crippen LogP contribution in [0.25, 0.3) is 0 Å². The van der Waals surface area contributed by atoms with E-state index in [1.54, 1.807) is 0 Å². The molecule has 0 radical (unpaired) electrons. The summed E-state index contributed by atoms with van der Waals surface area (Å²) >= 11 is 5.94. The molecule has 0 unspecified atom stereocenters. The van der Waals surface area contributed by atoms with E-state index in [4.69, 9.17) is 16.3 Å². The molecule has 4 nitrogen and oxygen atoms in total. The number of ether oxygens (including phenoxy) is 1. The molecule has 0 amide bonds. The maximum Gasteiger partial charge on any atom is 0.191 e. The van der Waals surface area contributed by atoms with Crippen LogP contribution in [0.5, 0.6) is 0 Å². The van der Waals surface area contributed by atoms with Crippen molar-refractivity contribution in [3.05, 3.63) is 34.9 Å². The summed E-state index contributed by atoms with van der Waals surface area (Å²) in [4.78, 5) is 4.50. The van der Waals surface area contributed by atoms with E-state index in [2.05, 4.69) is 15.6 Å². The van der Waals surface area contributed by atoms with Crippen molar-refractivity contribution in [1.82, 2.24) is 10.6 Å². The van der Waals surface area contributed by atoms with Crippen LogP contribution in [0.2, 0.25) is 5.02 Å². The lowest BCUT2D eigenvalue weighted by Gasteiger charge is -2.11. The minimum atomic E-state index is 0.602. The molecule has 0 bridgehead atoms. The van der Waals surface area contributed by atoms with Gasteiger partial charge in [0.05, 0.1) is 13.2 Å². The minimum Gasteiger partial charge on any atom is -0.380 e. The first-order valence-corrected chi connectivity index (χ1v) is 6.98. The van der Waals surface area contributed by atoms with Crippen LogP contribution in [0.15, 0.2) is 29.3 Å². The third-order valence-electron chi connectivity index (χ3n) is 2.40. The molecule has 1 aromatic rings. The monoisotopic (exact) mass is 283 g/mol. The molecular weight excluding hydrogens is 262 g/mol. The fourth-order valence-electron chi connectivity index (χ4n) is 1.53. The van der Waals surface area contributed by atoms with Gasteiger partial charge in [0.2, 0.25) is 0 Å². The lowest BCUT2D eigenvalue weighted by molar-refractivity contribution is 0.152. The number of nitrogens with one attached hydrogen (secondary N) is 2. The van der Waals surface area contributed by atoms with Crippen molar-refractivity contribution in [2.24, 2.45) is 4.99 Å². The van der Waals surface area contributed by atoms with Gasteiger partial charge in [-0.2, -0.15) is 0 Å². The summed E-state index contributed by atoms with van der Waals surface area (Å²) < 4.78 is 5.28. The molecule has 2 N–H and O–H groups in total. The number of halogens is 1. The first-order chi connectivity index (χ1) is 9.26. The summed E-state index contributed by atoms with van der Waals surface area (Å²) in [5, 5.41) is 7.15. The van der Waals surface area contributed by atoms with E-state index in [0.717, 1.165) is 36.2 Å². The third kappa shape index (κ3) is 7.03. The largest absolute Gasteiger partial charge is 0.380 e. The normalized spacial score (nSPS) is 11.4. The van der Waals surface area contributed by atoms with Gasteiger partial charge in [0, 0.05) is 24.7 Å². The van der Waals surface area contributed by atoms with E-state index < -0.39 is 0 Å². The van der Waals surface area contributed by atoms with Crippen molar-refractivity contribution in [3.63, 3.8) is 0 Å². The Morgan fingerprint density at radius 3 is 2.84 bits per heavy atom.